The number of aryl methyl sites for hydroxylation is 1. The Balaban J connectivity index is 2.51. The SMILES string of the molecule is CCC(O)c1cccn1S(=O)(=O)c1ccc(C)cc1. The highest BCUT2D eigenvalue weighted by Gasteiger charge is 2.21. The average molecular weight is 279 g/mol. The molecule has 1 atom stereocenters. The van der Waals surface area contributed by atoms with Gasteiger partial charge in [0.15, 0.2) is 0 Å². The summed E-state index contributed by atoms with van der Waals surface area (Å²) in [5.41, 5.74) is 1.39. The number of benzene rings is 1. The molecular formula is C14H17NO3S. The van der Waals surface area contributed by atoms with Crippen molar-refractivity contribution in [3.05, 3.63) is 53.9 Å². The van der Waals surface area contributed by atoms with E-state index in [0.29, 0.717) is 12.1 Å². The molecule has 0 aliphatic heterocycles. The number of aromatic nitrogens is 1. The van der Waals surface area contributed by atoms with Gasteiger partial charge in [-0.2, -0.15) is 0 Å². The van der Waals surface area contributed by atoms with Gasteiger partial charge in [0, 0.05) is 6.20 Å². The van der Waals surface area contributed by atoms with E-state index < -0.39 is 16.1 Å². The van der Waals surface area contributed by atoms with Crippen LogP contribution < -0.4 is 0 Å². The number of hydrogen-bond acceptors (Lipinski definition) is 3. The first-order valence-electron chi connectivity index (χ1n) is 6.14. The van der Waals surface area contributed by atoms with Crippen molar-refractivity contribution in [2.45, 2.75) is 31.3 Å². The van der Waals surface area contributed by atoms with E-state index in [1.54, 1.807) is 43.3 Å². The average Bonchev–Trinajstić information content (AvgIpc) is 2.88. The summed E-state index contributed by atoms with van der Waals surface area (Å²) in [6, 6.07) is 9.91. The van der Waals surface area contributed by atoms with E-state index >= 15 is 0 Å². The maximum Gasteiger partial charge on any atom is 0.267 e. The lowest BCUT2D eigenvalue weighted by molar-refractivity contribution is 0.168. The molecular weight excluding hydrogens is 262 g/mol. The predicted octanol–water partition coefficient (Wildman–Crippen LogP) is 2.48. The van der Waals surface area contributed by atoms with Gasteiger partial charge in [0.1, 0.15) is 0 Å². The van der Waals surface area contributed by atoms with Crippen molar-refractivity contribution in [3.8, 4) is 0 Å². The molecule has 1 heterocycles. The molecule has 1 unspecified atom stereocenters. The zero-order valence-electron chi connectivity index (χ0n) is 10.9. The van der Waals surface area contributed by atoms with Crippen LogP contribution in [0.5, 0.6) is 0 Å². The minimum atomic E-state index is -3.64. The van der Waals surface area contributed by atoms with E-state index in [1.165, 1.54) is 6.20 Å². The Hall–Kier alpha value is -1.59. The van der Waals surface area contributed by atoms with Gasteiger partial charge in [-0.25, -0.2) is 12.4 Å². The van der Waals surface area contributed by atoms with Crippen LogP contribution in [0.1, 0.15) is 30.7 Å². The van der Waals surface area contributed by atoms with Crippen molar-refractivity contribution < 1.29 is 13.5 Å². The Kier molecular flexibility index (Phi) is 3.78. The van der Waals surface area contributed by atoms with Crippen molar-refractivity contribution in [1.82, 2.24) is 3.97 Å². The van der Waals surface area contributed by atoms with E-state index in [4.69, 9.17) is 0 Å². The second-order valence-electron chi connectivity index (χ2n) is 4.47. The lowest BCUT2D eigenvalue weighted by atomic mass is 10.2. The van der Waals surface area contributed by atoms with Crippen LogP contribution in [-0.2, 0) is 10.0 Å². The molecule has 1 N–H and O–H groups in total. The fourth-order valence-corrected chi connectivity index (χ4v) is 3.29. The van der Waals surface area contributed by atoms with Crippen molar-refractivity contribution >= 4 is 10.0 Å². The van der Waals surface area contributed by atoms with Crippen molar-refractivity contribution in [1.29, 1.82) is 0 Å². The molecule has 0 spiro atoms. The smallest absolute Gasteiger partial charge is 0.267 e. The Labute approximate surface area is 113 Å². The van der Waals surface area contributed by atoms with Gasteiger partial charge in [-0.3, -0.25) is 0 Å². The van der Waals surface area contributed by atoms with Crippen molar-refractivity contribution in [3.63, 3.8) is 0 Å². The number of nitrogens with zero attached hydrogens (tertiary/aromatic N) is 1. The normalized spacial score (nSPS) is 13.4. The van der Waals surface area contributed by atoms with Crippen LogP contribution in [0.2, 0.25) is 0 Å². The fraction of sp³-hybridized carbons (Fsp3) is 0.286. The summed E-state index contributed by atoms with van der Waals surface area (Å²) < 4.78 is 26.1. The van der Waals surface area contributed by atoms with Crippen LogP contribution in [0.15, 0.2) is 47.5 Å². The van der Waals surface area contributed by atoms with E-state index in [2.05, 4.69) is 0 Å². The summed E-state index contributed by atoms with van der Waals surface area (Å²) in [5.74, 6) is 0. The van der Waals surface area contributed by atoms with Crippen molar-refractivity contribution in [2.75, 3.05) is 0 Å². The number of rotatable bonds is 4. The first-order chi connectivity index (χ1) is 8.96. The van der Waals surface area contributed by atoms with Crippen LogP contribution in [0.25, 0.3) is 0 Å². The number of hydrogen-bond donors (Lipinski definition) is 1. The standard InChI is InChI=1S/C14H17NO3S/c1-3-14(16)13-5-4-10-15(13)19(17,18)12-8-6-11(2)7-9-12/h4-10,14,16H,3H2,1-2H3. The maximum absolute atomic E-state index is 12.5. The van der Waals surface area contributed by atoms with Gasteiger partial charge in [-0.1, -0.05) is 24.6 Å². The summed E-state index contributed by atoms with van der Waals surface area (Å²) in [6.07, 6.45) is 1.15. The van der Waals surface area contributed by atoms with Crippen LogP contribution in [0.3, 0.4) is 0 Å². The maximum atomic E-state index is 12.5. The summed E-state index contributed by atoms with van der Waals surface area (Å²) >= 11 is 0. The van der Waals surface area contributed by atoms with Gasteiger partial charge >= 0.3 is 0 Å². The molecule has 5 heteroatoms. The molecule has 0 aliphatic carbocycles. The van der Waals surface area contributed by atoms with Crippen LogP contribution >= 0.6 is 0 Å². The van der Waals surface area contributed by atoms with E-state index in [-0.39, 0.29) is 4.90 Å². The third-order valence-electron chi connectivity index (χ3n) is 3.05. The Morgan fingerprint density at radius 2 is 1.84 bits per heavy atom. The summed E-state index contributed by atoms with van der Waals surface area (Å²) in [7, 11) is -3.64. The Morgan fingerprint density at radius 1 is 1.21 bits per heavy atom. The summed E-state index contributed by atoms with van der Waals surface area (Å²) in [5, 5.41) is 9.87. The van der Waals surface area contributed by atoms with Gasteiger partial charge in [-0.15, -0.1) is 0 Å². The lowest BCUT2D eigenvalue weighted by Gasteiger charge is -2.14. The molecule has 0 saturated carbocycles. The number of aliphatic hydroxyl groups is 1. The zero-order chi connectivity index (χ0) is 14.0. The molecule has 0 radical (unpaired) electrons. The highest BCUT2D eigenvalue weighted by atomic mass is 32.2. The largest absolute Gasteiger partial charge is 0.387 e. The molecule has 0 amide bonds. The van der Waals surface area contributed by atoms with Crippen LogP contribution in [0, 0.1) is 6.92 Å². The van der Waals surface area contributed by atoms with Gasteiger partial charge in [-0.05, 0) is 37.6 Å². The Morgan fingerprint density at radius 3 is 2.42 bits per heavy atom. The molecule has 0 aliphatic rings. The first-order valence-corrected chi connectivity index (χ1v) is 7.58. The van der Waals surface area contributed by atoms with Crippen LogP contribution in [-0.4, -0.2) is 17.5 Å². The Bertz CT molecular complexity index is 656. The fourth-order valence-electron chi connectivity index (χ4n) is 1.89. The highest BCUT2D eigenvalue weighted by molar-refractivity contribution is 7.90. The molecule has 2 aromatic rings. The van der Waals surface area contributed by atoms with E-state index in [9.17, 15) is 13.5 Å². The topological polar surface area (TPSA) is 59.3 Å². The highest BCUT2D eigenvalue weighted by Crippen LogP contribution is 2.22. The lowest BCUT2D eigenvalue weighted by Crippen LogP contribution is -2.16. The minimum Gasteiger partial charge on any atom is -0.387 e. The molecule has 19 heavy (non-hydrogen) atoms. The van der Waals surface area contributed by atoms with Crippen molar-refractivity contribution in [2.24, 2.45) is 0 Å². The molecule has 0 saturated heterocycles. The molecule has 102 valence electrons. The molecule has 1 aromatic carbocycles. The molecule has 4 nitrogen and oxygen atoms in total. The molecule has 2 rings (SSSR count). The quantitative estimate of drug-likeness (QED) is 0.935. The zero-order valence-corrected chi connectivity index (χ0v) is 11.8. The van der Waals surface area contributed by atoms with Gasteiger partial charge in [0.25, 0.3) is 10.0 Å². The summed E-state index contributed by atoms with van der Waals surface area (Å²) in [6.45, 7) is 3.71. The molecule has 1 aromatic heterocycles. The third-order valence-corrected chi connectivity index (χ3v) is 4.77. The third kappa shape index (κ3) is 2.57. The molecule has 0 fully saturated rings. The van der Waals surface area contributed by atoms with E-state index in [0.717, 1.165) is 9.54 Å². The predicted molar refractivity (Wildman–Crippen MR) is 73.4 cm³/mol. The van der Waals surface area contributed by atoms with Crippen LogP contribution in [0.4, 0.5) is 0 Å². The van der Waals surface area contributed by atoms with Gasteiger partial charge in [0.05, 0.1) is 16.7 Å². The molecule has 0 bridgehead atoms. The first kappa shape index (κ1) is 13.8. The monoisotopic (exact) mass is 279 g/mol. The second-order valence-corrected chi connectivity index (χ2v) is 6.29. The number of aliphatic hydroxyl groups excluding tert-OH is 1. The van der Waals surface area contributed by atoms with Gasteiger partial charge < -0.3 is 5.11 Å². The van der Waals surface area contributed by atoms with Gasteiger partial charge in [0.2, 0.25) is 0 Å². The minimum absolute atomic E-state index is 0.221. The summed E-state index contributed by atoms with van der Waals surface area (Å²) in [4.78, 5) is 0.221. The second kappa shape index (κ2) is 5.19. The van der Waals surface area contributed by atoms with E-state index in [1.807, 2.05) is 6.92 Å².